The molecule has 1 fully saturated rings. The van der Waals surface area contributed by atoms with Crippen LogP contribution in [0.25, 0.3) is 5.57 Å². The fourth-order valence-electron chi connectivity index (χ4n) is 3.56. The van der Waals surface area contributed by atoms with E-state index in [0.717, 1.165) is 16.7 Å². The van der Waals surface area contributed by atoms with Crippen LogP contribution in [0.15, 0.2) is 52.4 Å². The van der Waals surface area contributed by atoms with Crippen LogP contribution in [0.3, 0.4) is 0 Å². The van der Waals surface area contributed by atoms with Crippen molar-refractivity contribution in [3.05, 3.63) is 59.8 Å². The van der Waals surface area contributed by atoms with Gasteiger partial charge in [0.25, 0.3) is 0 Å². The number of aliphatic imine (C=N–C) groups is 1. The van der Waals surface area contributed by atoms with Crippen LogP contribution < -0.4 is 16.4 Å². The molecule has 160 valence electrons. The van der Waals surface area contributed by atoms with Crippen LogP contribution >= 0.6 is 0 Å². The van der Waals surface area contributed by atoms with E-state index >= 15 is 0 Å². The molecule has 0 spiro atoms. The molecule has 0 saturated carbocycles. The number of allylic oxidation sites excluding steroid dienone is 1. The van der Waals surface area contributed by atoms with Crippen LogP contribution in [0, 0.1) is 5.92 Å². The molecule has 5 N–H and O–H groups in total. The van der Waals surface area contributed by atoms with Gasteiger partial charge in [-0.15, -0.1) is 0 Å². The third-order valence-electron chi connectivity index (χ3n) is 5.73. The molecule has 1 aromatic carbocycles. The van der Waals surface area contributed by atoms with E-state index in [1.807, 2.05) is 29.2 Å². The first kappa shape index (κ1) is 21.6. The maximum absolute atomic E-state index is 9.97. The maximum atomic E-state index is 9.97. The average molecular weight is 411 g/mol. The molecule has 8 nitrogen and oxygen atoms in total. The van der Waals surface area contributed by atoms with Crippen molar-refractivity contribution in [2.24, 2.45) is 22.4 Å². The van der Waals surface area contributed by atoms with Crippen LogP contribution in [0.1, 0.15) is 44.6 Å². The highest BCUT2D eigenvalue weighted by atomic mass is 16.5. The molecule has 1 saturated heterocycles. The summed E-state index contributed by atoms with van der Waals surface area (Å²) < 4.78 is 5.50. The number of β-amino-alcohol motifs (C(OH)–C–C–N with tert-alkyl or cyclic N) is 1. The Labute approximate surface area is 177 Å². The lowest BCUT2D eigenvalue weighted by atomic mass is 9.72. The third kappa shape index (κ3) is 4.09. The van der Waals surface area contributed by atoms with E-state index in [1.165, 1.54) is 6.20 Å². The number of nitrogens with zero attached hydrogens (tertiary/aromatic N) is 4. The summed E-state index contributed by atoms with van der Waals surface area (Å²) in [5.74, 6) is 1.04. The summed E-state index contributed by atoms with van der Waals surface area (Å²) in [6, 6.07) is 8.47. The first-order chi connectivity index (χ1) is 14.1. The summed E-state index contributed by atoms with van der Waals surface area (Å²) in [7, 11) is 0. The number of hydrogen-bond donors (Lipinski definition) is 3. The number of benzene rings is 1. The van der Waals surface area contributed by atoms with Crippen molar-refractivity contribution in [1.82, 2.24) is 10.1 Å². The van der Waals surface area contributed by atoms with E-state index in [4.69, 9.17) is 16.0 Å². The molecule has 3 rings (SSSR count). The lowest BCUT2D eigenvalue weighted by molar-refractivity contribution is 0.0272. The van der Waals surface area contributed by atoms with E-state index in [2.05, 4.69) is 42.5 Å². The lowest BCUT2D eigenvalue weighted by Gasteiger charge is -2.42. The Morgan fingerprint density at radius 1 is 1.37 bits per heavy atom. The predicted molar refractivity (Wildman–Crippen MR) is 119 cm³/mol. The SMILES string of the molecule is C=C(N)N=C/C(=C\N)c1ccc(C(C)(c2noc(N3CC(C)(O)C3)n2)C(C)C)cc1. The molecular formula is C22H30N6O2. The smallest absolute Gasteiger partial charge is 0.324 e. The monoisotopic (exact) mass is 410 g/mol. The summed E-state index contributed by atoms with van der Waals surface area (Å²) in [6.45, 7) is 12.7. The second kappa shape index (κ2) is 7.95. The largest absolute Gasteiger partial charge is 0.404 e. The lowest BCUT2D eigenvalue weighted by Crippen LogP contribution is -2.60. The Balaban J connectivity index is 1.89. The van der Waals surface area contributed by atoms with Crippen molar-refractivity contribution in [3.8, 4) is 0 Å². The molecule has 1 aromatic heterocycles. The quantitative estimate of drug-likeness (QED) is 0.598. The minimum atomic E-state index is -0.709. The van der Waals surface area contributed by atoms with Crippen molar-refractivity contribution in [2.45, 2.75) is 38.7 Å². The van der Waals surface area contributed by atoms with Gasteiger partial charge in [0.05, 0.1) is 24.1 Å². The fraction of sp³-hybridized carbons (Fsp3) is 0.409. The normalized spacial score (nSPS) is 18.5. The molecule has 2 aromatic rings. The van der Waals surface area contributed by atoms with Crippen molar-refractivity contribution < 1.29 is 9.63 Å². The van der Waals surface area contributed by atoms with Crippen molar-refractivity contribution in [3.63, 3.8) is 0 Å². The molecule has 1 atom stereocenters. The van der Waals surface area contributed by atoms with E-state index in [-0.39, 0.29) is 11.7 Å². The number of anilines is 1. The zero-order chi connectivity index (χ0) is 22.1. The second-order valence-electron chi connectivity index (χ2n) is 8.56. The molecule has 2 heterocycles. The number of rotatable bonds is 7. The Hall–Kier alpha value is -3.13. The number of aromatic nitrogens is 2. The topological polar surface area (TPSA) is 127 Å². The fourth-order valence-corrected chi connectivity index (χ4v) is 3.56. The Morgan fingerprint density at radius 3 is 2.50 bits per heavy atom. The molecule has 1 aliphatic heterocycles. The second-order valence-corrected chi connectivity index (χ2v) is 8.56. The molecule has 0 amide bonds. The van der Waals surface area contributed by atoms with Crippen molar-refractivity contribution in [2.75, 3.05) is 18.0 Å². The van der Waals surface area contributed by atoms with Gasteiger partial charge in [0, 0.05) is 18.0 Å². The zero-order valence-electron chi connectivity index (χ0n) is 18.0. The first-order valence-electron chi connectivity index (χ1n) is 9.89. The van der Waals surface area contributed by atoms with Gasteiger partial charge in [-0.3, -0.25) is 0 Å². The number of nitrogens with two attached hydrogens (primary N) is 2. The van der Waals surface area contributed by atoms with Crippen molar-refractivity contribution in [1.29, 1.82) is 0 Å². The summed E-state index contributed by atoms with van der Waals surface area (Å²) in [4.78, 5) is 10.5. The van der Waals surface area contributed by atoms with Crippen LogP contribution in [0.2, 0.25) is 0 Å². The van der Waals surface area contributed by atoms with Crippen LogP contribution in [-0.4, -0.2) is 40.2 Å². The highest BCUT2D eigenvalue weighted by Crippen LogP contribution is 2.39. The van der Waals surface area contributed by atoms with Crippen LogP contribution in [0.4, 0.5) is 6.01 Å². The summed E-state index contributed by atoms with van der Waals surface area (Å²) in [5.41, 5.74) is 12.8. The van der Waals surface area contributed by atoms with E-state index in [9.17, 15) is 5.11 Å². The summed E-state index contributed by atoms with van der Waals surface area (Å²) in [6.07, 6.45) is 3.07. The van der Waals surface area contributed by atoms with Gasteiger partial charge in [-0.25, -0.2) is 4.99 Å². The van der Waals surface area contributed by atoms with Crippen LogP contribution in [-0.2, 0) is 5.41 Å². The van der Waals surface area contributed by atoms with Gasteiger partial charge >= 0.3 is 6.01 Å². The number of aliphatic hydroxyl groups is 1. The zero-order valence-corrected chi connectivity index (χ0v) is 18.0. The standard InChI is InChI=1S/C22H30N6O2/c1-14(2)22(5,19-26-20(30-27-19)28-12-21(4,29)13-28)18-8-6-16(7-9-18)17(10-23)11-25-15(3)24/h6-11,14,29H,3,12-13,23-24H2,1-2,4-5H3/b17-10+,25-11?. The molecule has 8 heteroatoms. The van der Waals surface area contributed by atoms with Gasteiger partial charge < -0.3 is 26.0 Å². The molecule has 0 aliphatic carbocycles. The minimum Gasteiger partial charge on any atom is -0.404 e. The van der Waals surface area contributed by atoms with Gasteiger partial charge in [-0.05, 0) is 30.9 Å². The highest BCUT2D eigenvalue weighted by Gasteiger charge is 2.42. The summed E-state index contributed by atoms with van der Waals surface area (Å²) >= 11 is 0. The molecule has 0 bridgehead atoms. The molecule has 1 aliphatic rings. The van der Waals surface area contributed by atoms with Crippen LogP contribution in [0.5, 0.6) is 0 Å². The maximum Gasteiger partial charge on any atom is 0.324 e. The minimum absolute atomic E-state index is 0.208. The van der Waals surface area contributed by atoms with Gasteiger partial charge in [-0.2, -0.15) is 4.98 Å². The Kier molecular flexibility index (Phi) is 5.72. The molecular weight excluding hydrogens is 380 g/mol. The molecule has 0 radical (unpaired) electrons. The average Bonchev–Trinajstić information content (AvgIpc) is 3.16. The number of hydrogen-bond acceptors (Lipinski definition) is 8. The van der Waals surface area contributed by atoms with Gasteiger partial charge in [0.2, 0.25) is 0 Å². The predicted octanol–water partition coefficient (Wildman–Crippen LogP) is 2.40. The van der Waals surface area contributed by atoms with Gasteiger partial charge in [0.15, 0.2) is 5.82 Å². The summed E-state index contributed by atoms with van der Waals surface area (Å²) in [5, 5.41) is 14.2. The molecule has 1 unspecified atom stereocenters. The first-order valence-corrected chi connectivity index (χ1v) is 9.89. The van der Waals surface area contributed by atoms with Gasteiger partial charge in [0.1, 0.15) is 5.82 Å². The van der Waals surface area contributed by atoms with Gasteiger partial charge in [-0.1, -0.05) is 49.8 Å². The van der Waals surface area contributed by atoms with E-state index < -0.39 is 11.0 Å². The third-order valence-corrected chi connectivity index (χ3v) is 5.73. The molecule has 30 heavy (non-hydrogen) atoms. The van der Waals surface area contributed by atoms with E-state index in [0.29, 0.717) is 24.9 Å². The Morgan fingerprint density at radius 2 is 2.00 bits per heavy atom. The van der Waals surface area contributed by atoms with E-state index in [1.54, 1.807) is 13.1 Å². The highest BCUT2D eigenvalue weighted by molar-refractivity contribution is 6.09. The van der Waals surface area contributed by atoms with Crippen molar-refractivity contribution >= 4 is 17.8 Å². The Bertz CT molecular complexity index is 966.